The lowest BCUT2D eigenvalue weighted by molar-refractivity contribution is -0.123. The quantitative estimate of drug-likeness (QED) is 0.783. The van der Waals surface area contributed by atoms with Gasteiger partial charge in [0.2, 0.25) is 0 Å². The lowest BCUT2D eigenvalue weighted by Gasteiger charge is -2.13. The molecule has 0 saturated carbocycles. The van der Waals surface area contributed by atoms with E-state index in [-0.39, 0.29) is 16.5 Å². The molecule has 7 heteroatoms. The summed E-state index contributed by atoms with van der Waals surface area (Å²) in [6, 6.07) is 7.21. The molecule has 1 aromatic carbocycles. The summed E-state index contributed by atoms with van der Waals surface area (Å²) >= 11 is 6.76. The van der Waals surface area contributed by atoms with Crippen LogP contribution in [0.5, 0.6) is 0 Å². The van der Waals surface area contributed by atoms with E-state index in [0.29, 0.717) is 11.3 Å². The van der Waals surface area contributed by atoms with E-state index >= 15 is 0 Å². The number of carbonyl (C=O) groups is 2. The van der Waals surface area contributed by atoms with Crippen molar-refractivity contribution in [3.63, 3.8) is 0 Å². The van der Waals surface area contributed by atoms with Crippen LogP contribution >= 0.6 is 23.4 Å². The number of hydrogen-bond donors (Lipinski definition) is 0. The van der Waals surface area contributed by atoms with Crippen LogP contribution in [0.2, 0.25) is 5.02 Å². The number of nitrogens with zero attached hydrogens (tertiary/aromatic N) is 1. The molecule has 1 saturated heterocycles. The first-order chi connectivity index (χ1) is 10.5. The van der Waals surface area contributed by atoms with Crippen LogP contribution in [-0.2, 0) is 11.3 Å². The number of halogens is 2. The van der Waals surface area contributed by atoms with Crippen molar-refractivity contribution in [1.82, 2.24) is 4.90 Å². The van der Waals surface area contributed by atoms with Gasteiger partial charge in [-0.05, 0) is 41.6 Å². The van der Waals surface area contributed by atoms with E-state index in [4.69, 9.17) is 16.0 Å². The maximum atomic E-state index is 13.0. The van der Waals surface area contributed by atoms with Crippen LogP contribution in [-0.4, -0.2) is 16.0 Å². The van der Waals surface area contributed by atoms with E-state index in [9.17, 15) is 14.0 Å². The van der Waals surface area contributed by atoms with Gasteiger partial charge in [0.05, 0.1) is 17.7 Å². The fourth-order valence-electron chi connectivity index (χ4n) is 1.96. The number of amides is 2. The standard InChI is InChI=1S/C15H9ClFNO3S/c16-12-6-10(17)4-3-9(12)8-18-14(19)13(22-15(18)20)7-11-2-1-5-21-11/h1-7H,8H2/b13-7+. The molecule has 112 valence electrons. The number of imide groups is 1. The zero-order valence-electron chi connectivity index (χ0n) is 11.1. The second kappa shape index (κ2) is 5.98. The van der Waals surface area contributed by atoms with Crippen molar-refractivity contribution in [3.05, 3.63) is 63.7 Å². The fraction of sp³-hybridized carbons (Fsp3) is 0.0667. The Morgan fingerprint density at radius 3 is 2.82 bits per heavy atom. The molecule has 1 aliphatic rings. The SMILES string of the molecule is O=C1S/C(=C/c2ccco2)C(=O)N1Cc1ccc(F)cc1Cl. The van der Waals surface area contributed by atoms with E-state index in [1.807, 2.05) is 0 Å². The first-order valence-corrected chi connectivity index (χ1v) is 7.47. The van der Waals surface area contributed by atoms with Gasteiger partial charge in [0.15, 0.2) is 0 Å². The highest BCUT2D eigenvalue weighted by atomic mass is 35.5. The van der Waals surface area contributed by atoms with Crippen LogP contribution in [0.1, 0.15) is 11.3 Å². The third kappa shape index (κ3) is 2.93. The number of carbonyl (C=O) groups excluding carboxylic acids is 2. The Hall–Kier alpha value is -2.05. The maximum absolute atomic E-state index is 13.0. The molecule has 3 rings (SSSR count). The highest BCUT2D eigenvalue weighted by Crippen LogP contribution is 2.34. The second-order valence-electron chi connectivity index (χ2n) is 4.52. The van der Waals surface area contributed by atoms with Gasteiger partial charge in [-0.3, -0.25) is 14.5 Å². The molecule has 0 atom stereocenters. The van der Waals surface area contributed by atoms with Crippen molar-refractivity contribution < 1.29 is 18.4 Å². The van der Waals surface area contributed by atoms with Gasteiger partial charge in [-0.25, -0.2) is 4.39 Å². The molecule has 0 aliphatic carbocycles. The van der Waals surface area contributed by atoms with Gasteiger partial charge >= 0.3 is 0 Å². The average Bonchev–Trinajstić information content (AvgIpc) is 3.06. The van der Waals surface area contributed by atoms with E-state index in [2.05, 4.69) is 0 Å². The number of thioether (sulfide) groups is 1. The Labute approximate surface area is 134 Å². The molecule has 0 unspecified atom stereocenters. The van der Waals surface area contributed by atoms with Crippen LogP contribution in [0.15, 0.2) is 45.9 Å². The Bertz CT molecular complexity index is 773. The van der Waals surface area contributed by atoms with Crippen LogP contribution in [0.25, 0.3) is 6.08 Å². The van der Waals surface area contributed by atoms with Gasteiger partial charge in [-0.15, -0.1) is 0 Å². The normalized spacial score (nSPS) is 16.8. The molecule has 1 aromatic heterocycles. The summed E-state index contributed by atoms with van der Waals surface area (Å²) in [6.45, 7) is -0.000719. The summed E-state index contributed by atoms with van der Waals surface area (Å²) in [5.41, 5.74) is 0.504. The number of furan rings is 1. The Balaban J connectivity index is 1.83. The molecule has 0 bridgehead atoms. The molecule has 1 aliphatic heterocycles. The molecular weight excluding hydrogens is 329 g/mol. The van der Waals surface area contributed by atoms with Crippen molar-refractivity contribution in [3.8, 4) is 0 Å². The first-order valence-electron chi connectivity index (χ1n) is 6.27. The average molecular weight is 338 g/mol. The van der Waals surface area contributed by atoms with Crippen molar-refractivity contribution in [2.75, 3.05) is 0 Å². The summed E-state index contributed by atoms with van der Waals surface area (Å²) in [5.74, 6) is -0.405. The van der Waals surface area contributed by atoms with Gasteiger partial charge in [0.25, 0.3) is 11.1 Å². The zero-order chi connectivity index (χ0) is 15.7. The van der Waals surface area contributed by atoms with Crippen molar-refractivity contribution in [2.24, 2.45) is 0 Å². The summed E-state index contributed by atoms with van der Waals surface area (Å²) < 4.78 is 18.2. The van der Waals surface area contributed by atoms with Crippen LogP contribution in [0, 0.1) is 5.82 Å². The second-order valence-corrected chi connectivity index (χ2v) is 5.92. The number of rotatable bonds is 3. The Morgan fingerprint density at radius 2 is 2.14 bits per heavy atom. The lowest BCUT2D eigenvalue weighted by atomic mass is 10.2. The smallest absolute Gasteiger partial charge is 0.293 e. The monoisotopic (exact) mass is 337 g/mol. The first kappa shape index (κ1) is 14.9. The molecule has 4 nitrogen and oxygen atoms in total. The van der Waals surface area contributed by atoms with Crippen molar-refractivity contribution in [2.45, 2.75) is 6.54 Å². The zero-order valence-corrected chi connectivity index (χ0v) is 12.7. The Morgan fingerprint density at radius 1 is 1.32 bits per heavy atom. The maximum Gasteiger partial charge on any atom is 0.293 e. The summed E-state index contributed by atoms with van der Waals surface area (Å²) in [6.07, 6.45) is 2.99. The van der Waals surface area contributed by atoms with Crippen LogP contribution in [0.3, 0.4) is 0 Å². The summed E-state index contributed by atoms with van der Waals surface area (Å²) in [5, 5.41) is -0.225. The van der Waals surface area contributed by atoms with E-state index in [0.717, 1.165) is 22.7 Å². The van der Waals surface area contributed by atoms with Crippen molar-refractivity contribution >= 4 is 40.6 Å². The topological polar surface area (TPSA) is 50.5 Å². The predicted octanol–water partition coefficient (Wildman–Crippen LogP) is 4.31. The largest absolute Gasteiger partial charge is 0.465 e. The molecule has 2 heterocycles. The Kier molecular flexibility index (Phi) is 4.04. The van der Waals surface area contributed by atoms with Gasteiger partial charge in [0, 0.05) is 11.1 Å². The molecule has 1 fully saturated rings. The lowest BCUT2D eigenvalue weighted by Crippen LogP contribution is -2.27. The van der Waals surface area contributed by atoms with E-state index in [1.54, 1.807) is 12.1 Å². The van der Waals surface area contributed by atoms with E-state index in [1.165, 1.54) is 24.5 Å². The molecular formula is C15H9ClFNO3S. The molecule has 0 spiro atoms. The number of benzene rings is 1. The molecule has 0 N–H and O–H groups in total. The third-order valence-corrected chi connectivity index (χ3v) is 4.29. The fourth-order valence-corrected chi connectivity index (χ4v) is 3.00. The summed E-state index contributed by atoms with van der Waals surface area (Å²) in [7, 11) is 0. The minimum absolute atomic E-state index is 0.000719. The molecule has 2 aromatic rings. The summed E-state index contributed by atoms with van der Waals surface area (Å²) in [4.78, 5) is 25.6. The van der Waals surface area contributed by atoms with Gasteiger partial charge in [0.1, 0.15) is 11.6 Å². The highest BCUT2D eigenvalue weighted by molar-refractivity contribution is 8.18. The predicted molar refractivity (Wildman–Crippen MR) is 81.6 cm³/mol. The molecule has 22 heavy (non-hydrogen) atoms. The van der Waals surface area contributed by atoms with Crippen LogP contribution in [0.4, 0.5) is 9.18 Å². The molecule has 0 radical (unpaired) electrons. The minimum atomic E-state index is -0.472. The van der Waals surface area contributed by atoms with E-state index < -0.39 is 17.0 Å². The highest BCUT2D eigenvalue weighted by Gasteiger charge is 2.35. The van der Waals surface area contributed by atoms with Gasteiger partial charge in [-0.1, -0.05) is 17.7 Å². The third-order valence-electron chi connectivity index (χ3n) is 3.03. The van der Waals surface area contributed by atoms with Gasteiger partial charge in [-0.2, -0.15) is 0 Å². The van der Waals surface area contributed by atoms with Crippen LogP contribution < -0.4 is 0 Å². The van der Waals surface area contributed by atoms with Gasteiger partial charge < -0.3 is 4.42 Å². The number of hydrogen-bond acceptors (Lipinski definition) is 4. The molecule has 2 amide bonds. The minimum Gasteiger partial charge on any atom is -0.465 e. The van der Waals surface area contributed by atoms with Crippen molar-refractivity contribution in [1.29, 1.82) is 0 Å².